The first-order chi connectivity index (χ1) is 21.9. The Kier molecular flexibility index (Phi) is 7.71. The van der Waals surface area contributed by atoms with Crippen molar-refractivity contribution in [2.45, 2.75) is 37.8 Å². The van der Waals surface area contributed by atoms with Crippen LogP contribution in [0.3, 0.4) is 0 Å². The van der Waals surface area contributed by atoms with E-state index < -0.39 is 0 Å². The average molecular weight is 609 g/mol. The second kappa shape index (κ2) is 11.8. The number of rotatable bonds is 3. The second-order valence-corrected chi connectivity index (χ2v) is 12.3. The van der Waals surface area contributed by atoms with Gasteiger partial charge in [-0.25, -0.2) is 0 Å². The van der Waals surface area contributed by atoms with Gasteiger partial charge in [0.1, 0.15) is 5.75 Å². The first-order valence-corrected chi connectivity index (χ1v) is 15.5. The van der Waals surface area contributed by atoms with Gasteiger partial charge in [0.05, 0.1) is 21.3 Å². The van der Waals surface area contributed by atoms with Gasteiger partial charge < -0.3 is 28.8 Å². The van der Waals surface area contributed by atoms with Gasteiger partial charge in [0.15, 0.2) is 34.5 Å². The lowest BCUT2D eigenvalue weighted by atomic mass is 9.87. The minimum absolute atomic E-state index is 0.0682. The number of fused-ring (bicyclic) bond motifs is 1. The summed E-state index contributed by atoms with van der Waals surface area (Å²) in [5.74, 6) is 4.39. The van der Waals surface area contributed by atoms with Crippen molar-refractivity contribution in [2.75, 3.05) is 48.5 Å². The van der Waals surface area contributed by atoms with Gasteiger partial charge >= 0.3 is 0 Å². The summed E-state index contributed by atoms with van der Waals surface area (Å²) in [5, 5.41) is 11.0. The molecule has 45 heavy (non-hydrogen) atoms. The molecule has 0 aliphatic carbocycles. The highest BCUT2D eigenvalue weighted by Gasteiger charge is 2.33. The van der Waals surface area contributed by atoms with E-state index in [4.69, 9.17) is 23.7 Å². The molecule has 0 spiro atoms. The summed E-state index contributed by atoms with van der Waals surface area (Å²) in [6.07, 6.45) is 3.25. The molecule has 1 N–H and O–H groups in total. The summed E-state index contributed by atoms with van der Waals surface area (Å²) in [6, 6.07) is 20.3. The fourth-order valence-corrected chi connectivity index (χ4v) is 7.16. The van der Waals surface area contributed by atoms with Crippen molar-refractivity contribution in [1.29, 1.82) is 0 Å². The maximum atomic E-state index is 11.0. The van der Waals surface area contributed by atoms with E-state index in [0.717, 1.165) is 49.0 Å². The summed E-state index contributed by atoms with van der Waals surface area (Å²) in [6.45, 7) is 1.81. The van der Waals surface area contributed by atoms with Crippen LogP contribution in [-0.4, -0.2) is 63.4 Å². The third-order valence-corrected chi connectivity index (χ3v) is 9.64. The highest BCUT2D eigenvalue weighted by molar-refractivity contribution is 5.63. The first kappa shape index (κ1) is 29.3. The van der Waals surface area contributed by atoms with Crippen molar-refractivity contribution in [1.82, 2.24) is 9.80 Å². The van der Waals surface area contributed by atoms with E-state index in [1.807, 2.05) is 30.3 Å². The summed E-state index contributed by atoms with van der Waals surface area (Å²) in [4.78, 5) is 4.73. The minimum atomic E-state index is 0.0682. The van der Waals surface area contributed by atoms with E-state index in [1.165, 1.54) is 16.7 Å². The third-order valence-electron chi connectivity index (χ3n) is 9.64. The lowest BCUT2D eigenvalue weighted by Crippen LogP contribution is -2.34. The molecular weight excluding hydrogens is 568 g/mol. The number of hydrogen-bond donors (Lipinski definition) is 1. The second-order valence-electron chi connectivity index (χ2n) is 12.3. The van der Waals surface area contributed by atoms with E-state index >= 15 is 0 Å². The van der Waals surface area contributed by atoms with Gasteiger partial charge in [0, 0.05) is 30.7 Å². The first-order valence-electron chi connectivity index (χ1n) is 15.5. The largest absolute Gasteiger partial charge is 0.504 e. The van der Waals surface area contributed by atoms with Crippen LogP contribution in [0.2, 0.25) is 0 Å². The van der Waals surface area contributed by atoms with E-state index in [-0.39, 0.29) is 17.8 Å². The maximum Gasteiger partial charge on any atom is 0.204 e. The van der Waals surface area contributed by atoms with E-state index in [0.29, 0.717) is 46.7 Å². The van der Waals surface area contributed by atoms with Gasteiger partial charge in [-0.1, -0.05) is 18.2 Å². The number of hydrogen-bond acceptors (Lipinski definition) is 8. The number of ether oxygens (including phenoxy) is 5. The molecule has 7 aliphatic rings. The van der Waals surface area contributed by atoms with Crippen LogP contribution in [0.5, 0.6) is 46.0 Å². The van der Waals surface area contributed by atoms with Crippen LogP contribution in [-0.2, 0) is 25.7 Å². The molecule has 234 valence electrons. The Morgan fingerprint density at radius 3 is 2.07 bits per heavy atom. The van der Waals surface area contributed by atoms with Gasteiger partial charge in [-0.05, 0) is 110 Å². The standard InChI is InChI=1S/C37H40N2O6/c1-38-14-12-24-19-32(41-3)33-21-27(24)28(38)17-23-8-11-31(30(40)18-23)44-26-9-6-22(7-10-26)16-29-35-25(13-15-39(29)2)20-34(45-33)36(42-4)37(35)43-5/h6-11,18-21,28-29,40H,12-17H2,1-5H3. The highest BCUT2D eigenvalue weighted by atomic mass is 16.5. The molecule has 7 aliphatic heterocycles. The minimum Gasteiger partial charge on any atom is -0.504 e. The van der Waals surface area contributed by atoms with E-state index in [9.17, 15) is 5.11 Å². The molecule has 0 radical (unpaired) electrons. The molecule has 8 nitrogen and oxygen atoms in total. The number of phenolic OH excluding ortho intramolecular Hbond substituents is 1. The molecule has 4 aromatic carbocycles. The topological polar surface area (TPSA) is 72.9 Å². The molecule has 2 unspecified atom stereocenters. The Bertz CT molecular complexity index is 1740. The molecule has 11 rings (SSSR count). The molecule has 0 saturated heterocycles. The molecule has 0 saturated carbocycles. The summed E-state index contributed by atoms with van der Waals surface area (Å²) in [5.41, 5.74) is 6.89. The molecule has 0 aromatic heterocycles. The number of likely N-dealkylation sites (N-methyl/N-ethyl adjacent to an activating group) is 2. The predicted octanol–water partition coefficient (Wildman–Crippen LogP) is 6.86. The van der Waals surface area contributed by atoms with Crippen molar-refractivity contribution in [2.24, 2.45) is 0 Å². The van der Waals surface area contributed by atoms with E-state index in [2.05, 4.69) is 54.2 Å². The van der Waals surface area contributed by atoms with Crippen molar-refractivity contribution < 1.29 is 28.8 Å². The number of nitrogens with zero attached hydrogens (tertiary/aromatic N) is 2. The zero-order chi connectivity index (χ0) is 31.2. The number of methoxy groups -OCH3 is 3. The van der Waals surface area contributed by atoms with Gasteiger partial charge in [-0.2, -0.15) is 0 Å². The lowest BCUT2D eigenvalue weighted by molar-refractivity contribution is 0.219. The Morgan fingerprint density at radius 1 is 0.667 bits per heavy atom. The monoisotopic (exact) mass is 608 g/mol. The van der Waals surface area contributed by atoms with Gasteiger partial charge in [-0.15, -0.1) is 0 Å². The predicted molar refractivity (Wildman–Crippen MR) is 173 cm³/mol. The Hall–Kier alpha value is -4.40. The van der Waals surface area contributed by atoms with Crippen molar-refractivity contribution in [3.63, 3.8) is 0 Å². The average Bonchev–Trinajstić information content (AvgIpc) is 3.04. The van der Waals surface area contributed by atoms with Gasteiger partial charge in [-0.3, -0.25) is 9.80 Å². The van der Waals surface area contributed by atoms with Crippen LogP contribution in [0.4, 0.5) is 0 Å². The number of aromatic hydroxyl groups is 1. The van der Waals surface area contributed by atoms with Crippen molar-refractivity contribution in [3.8, 4) is 46.0 Å². The number of phenols is 1. The van der Waals surface area contributed by atoms with Crippen LogP contribution in [0, 0.1) is 0 Å². The van der Waals surface area contributed by atoms with Crippen LogP contribution in [0.1, 0.15) is 45.5 Å². The van der Waals surface area contributed by atoms with E-state index in [1.54, 1.807) is 21.3 Å². The SMILES string of the molecule is COc1cc2c3cc1Oc1cc4c(c(OC)c1OC)C(Cc1ccc(cc1)Oc1ccc(cc1O)CC3N(C)CC2)N(C)CC4. The van der Waals surface area contributed by atoms with Gasteiger partial charge in [0.2, 0.25) is 5.75 Å². The Labute approximate surface area is 264 Å². The molecule has 2 atom stereocenters. The molecular formula is C37H40N2O6. The molecule has 4 aromatic rings. The quantitative estimate of drug-likeness (QED) is 0.271. The zero-order valence-electron chi connectivity index (χ0n) is 26.6. The molecule has 7 heterocycles. The van der Waals surface area contributed by atoms with Crippen LogP contribution >= 0.6 is 0 Å². The molecule has 0 fully saturated rings. The van der Waals surface area contributed by atoms with Crippen LogP contribution in [0.15, 0.2) is 60.7 Å². The Balaban J connectivity index is 1.42. The van der Waals surface area contributed by atoms with Crippen LogP contribution < -0.4 is 23.7 Å². The number of benzene rings is 4. The summed E-state index contributed by atoms with van der Waals surface area (Å²) in [7, 11) is 9.33. The molecule has 10 bridgehead atoms. The molecule has 0 amide bonds. The lowest BCUT2D eigenvalue weighted by Gasteiger charge is -2.37. The summed E-state index contributed by atoms with van der Waals surface area (Å²) >= 11 is 0. The van der Waals surface area contributed by atoms with Gasteiger partial charge in [0.25, 0.3) is 0 Å². The zero-order valence-corrected chi connectivity index (χ0v) is 26.6. The molecule has 8 heteroatoms. The fourth-order valence-electron chi connectivity index (χ4n) is 7.16. The Morgan fingerprint density at radius 2 is 1.36 bits per heavy atom. The van der Waals surface area contributed by atoms with Crippen LogP contribution in [0.25, 0.3) is 0 Å². The summed E-state index contributed by atoms with van der Waals surface area (Å²) < 4.78 is 30.9. The fraction of sp³-hybridized carbons (Fsp3) is 0.351. The normalized spacial score (nSPS) is 19.4. The highest BCUT2D eigenvalue weighted by Crippen LogP contribution is 2.51. The maximum absolute atomic E-state index is 11.0. The van der Waals surface area contributed by atoms with Crippen molar-refractivity contribution in [3.05, 3.63) is 94.0 Å². The third kappa shape index (κ3) is 5.32. The van der Waals surface area contributed by atoms with Crippen molar-refractivity contribution >= 4 is 0 Å². The smallest absolute Gasteiger partial charge is 0.204 e.